The van der Waals surface area contributed by atoms with E-state index >= 15 is 0 Å². The smallest absolute Gasteiger partial charge is 0.0178 e. The van der Waals surface area contributed by atoms with Crippen molar-refractivity contribution in [3.05, 3.63) is 64.7 Å². The van der Waals surface area contributed by atoms with Crippen molar-refractivity contribution in [1.29, 1.82) is 0 Å². The van der Waals surface area contributed by atoms with Gasteiger partial charge in [0.1, 0.15) is 0 Å². The highest BCUT2D eigenvalue weighted by atomic mass is 14.2. The average Bonchev–Trinajstić information content (AvgIpc) is 2.69. The highest BCUT2D eigenvalue weighted by Crippen LogP contribution is 2.33. The summed E-state index contributed by atoms with van der Waals surface area (Å²) in [5.41, 5.74) is 8.25. The lowest BCUT2D eigenvalue weighted by Gasteiger charge is -2.26. The quantitative estimate of drug-likeness (QED) is 0.474. The average molecular weight is 375 g/mol. The molecule has 0 N–H and O–H groups in total. The van der Waals surface area contributed by atoms with Gasteiger partial charge in [-0.25, -0.2) is 0 Å². The number of hydrogen-bond donors (Lipinski definition) is 0. The number of allylic oxidation sites excluding steroid dienone is 1. The molecule has 28 heavy (non-hydrogen) atoms. The van der Waals surface area contributed by atoms with Crippen LogP contribution in [0.1, 0.15) is 87.5 Å². The van der Waals surface area contributed by atoms with Gasteiger partial charge in [-0.15, -0.1) is 0 Å². The fraction of sp³-hybridized carbons (Fsp3) is 0.500. The van der Waals surface area contributed by atoms with E-state index < -0.39 is 0 Å². The van der Waals surface area contributed by atoms with Crippen molar-refractivity contribution >= 4 is 6.08 Å². The van der Waals surface area contributed by atoms with Gasteiger partial charge in [0.05, 0.1) is 0 Å². The molecule has 150 valence electrons. The molecule has 0 amide bonds. The summed E-state index contributed by atoms with van der Waals surface area (Å²) in [5.74, 6) is 2.34. The Morgan fingerprint density at radius 3 is 2.04 bits per heavy atom. The molecule has 0 nitrogen and oxygen atoms in total. The molecule has 0 aromatic heterocycles. The van der Waals surface area contributed by atoms with Gasteiger partial charge in [-0.2, -0.15) is 0 Å². The molecule has 1 aliphatic carbocycles. The molecule has 2 aromatic carbocycles. The molecule has 1 fully saturated rings. The first-order chi connectivity index (χ1) is 13.5. The van der Waals surface area contributed by atoms with Gasteiger partial charge in [-0.05, 0) is 90.7 Å². The van der Waals surface area contributed by atoms with Crippen molar-refractivity contribution in [3.63, 3.8) is 0 Å². The van der Waals surface area contributed by atoms with E-state index in [9.17, 15) is 0 Å². The second-order valence-corrected chi connectivity index (χ2v) is 9.23. The molecule has 0 radical (unpaired) electrons. The van der Waals surface area contributed by atoms with Crippen LogP contribution in [0.2, 0.25) is 0 Å². The second kappa shape index (κ2) is 9.59. The Morgan fingerprint density at radius 2 is 1.50 bits per heavy atom. The highest BCUT2D eigenvalue weighted by Gasteiger charge is 2.18. The monoisotopic (exact) mass is 374 g/mol. The van der Waals surface area contributed by atoms with Crippen molar-refractivity contribution in [2.24, 2.45) is 11.8 Å². The van der Waals surface area contributed by atoms with Crippen molar-refractivity contribution in [2.45, 2.75) is 79.1 Å². The molecule has 3 rings (SSSR count). The largest absolute Gasteiger partial charge is 0.0808 e. The summed E-state index contributed by atoms with van der Waals surface area (Å²) in [6.07, 6.45) is 13.3. The Labute approximate surface area is 173 Å². The fourth-order valence-corrected chi connectivity index (χ4v) is 4.77. The van der Waals surface area contributed by atoms with Crippen molar-refractivity contribution in [1.82, 2.24) is 0 Å². The Kier molecular flexibility index (Phi) is 7.16. The molecule has 0 saturated heterocycles. The van der Waals surface area contributed by atoms with Crippen LogP contribution < -0.4 is 0 Å². The maximum atomic E-state index is 2.49. The minimum atomic E-state index is 0.585. The Hall–Kier alpha value is -1.82. The molecule has 0 atom stereocenters. The molecular weight excluding hydrogens is 336 g/mol. The van der Waals surface area contributed by atoms with Gasteiger partial charge in [0, 0.05) is 0 Å². The van der Waals surface area contributed by atoms with E-state index in [2.05, 4.69) is 83.2 Å². The zero-order valence-corrected chi connectivity index (χ0v) is 18.6. The van der Waals surface area contributed by atoms with Crippen LogP contribution in [0, 0.1) is 25.7 Å². The first-order valence-electron chi connectivity index (χ1n) is 11.4. The predicted molar refractivity (Wildman–Crippen MR) is 125 cm³/mol. The number of hydrogen-bond acceptors (Lipinski definition) is 0. The van der Waals surface area contributed by atoms with Gasteiger partial charge in [0.25, 0.3) is 0 Å². The summed E-state index contributed by atoms with van der Waals surface area (Å²) in [5, 5.41) is 0. The number of aryl methyl sites for hydroxylation is 2. The van der Waals surface area contributed by atoms with Crippen molar-refractivity contribution in [2.75, 3.05) is 0 Å². The summed E-state index contributed by atoms with van der Waals surface area (Å²) in [6, 6.07) is 13.8. The van der Waals surface area contributed by atoms with Gasteiger partial charge in [-0.1, -0.05) is 82.2 Å². The zero-order chi connectivity index (χ0) is 20.1. The van der Waals surface area contributed by atoms with Crippen LogP contribution >= 0.6 is 0 Å². The maximum Gasteiger partial charge on any atom is -0.0178 e. The van der Waals surface area contributed by atoms with E-state index in [0.717, 1.165) is 11.8 Å². The van der Waals surface area contributed by atoms with Crippen LogP contribution in [-0.2, 0) is 0 Å². The fourth-order valence-electron chi connectivity index (χ4n) is 4.77. The molecule has 0 bridgehead atoms. The Balaban J connectivity index is 1.72. The zero-order valence-electron chi connectivity index (χ0n) is 18.6. The van der Waals surface area contributed by atoms with E-state index in [-0.39, 0.29) is 0 Å². The van der Waals surface area contributed by atoms with Gasteiger partial charge in [0.15, 0.2) is 0 Å². The van der Waals surface area contributed by atoms with Crippen LogP contribution in [0.25, 0.3) is 17.2 Å². The summed E-state index contributed by atoms with van der Waals surface area (Å²) in [7, 11) is 0. The molecule has 1 aliphatic rings. The third-order valence-electron chi connectivity index (χ3n) is 6.63. The van der Waals surface area contributed by atoms with Crippen LogP contribution in [0.15, 0.2) is 42.5 Å². The molecule has 0 heteroatoms. The standard InChI is InChI=1S/C28H38/c1-6-7-23-8-10-24(11-9-23)12-17-28-21(4)18-27(19-22(28)5)26-15-13-25(14-16-26)20(2)3/h12-20,23-24H,6-11H2,1-5H3/b17-12+. The predicted octanol–water partition coefficient (Wildman–Crippen LogP) is 8.71. The van der Waals surface area contributed by atoms with Gasteiger partial charge in [0.2, 0.25) is 0 Å². The van der Waals surface area contributed by atoms with Crippen LogP contribution in [0.3, 0.4) is 0 Å². The minimum Gasteiger partial charge on any atom is -0.0808 e. The lowest BCUT2D eigenvalue weighted by molar-refractivity contribution is 0.295. The normalized spacial score (nSPS) is 20.2. The first kappa shape index (κ1) is 20.9. The first-order valence-corrected chi connectivity index (χ1v) is 11.4. The molecule has 0 unspecified atom stereocenters. The van der Waals surface area contributed by atoms with E-state index in [1.54, 1.807) is 0 Å². The molecule has 1 saturated carbocycles. The third kappa shape index (κ3) is 5.16. The minimum absolute atomic E-state index is 0.585. The van der Waals surface area contributed by atoms with E-state index in [1.807, 2.05) is 0 Å². The van der Waals surface area contributed by atoms with E-state index in [1.165, 1.54) is 71.9 Å². The SMILES string of the molecule is CCCC1CCC(/C=C/c2c(C)cc(-c3ccc(C(C)C)cc3)cc2C)CC1. The van der Waals surface area contributed by atoms with Gasteiger partial charge < -0.3 is 0 Å². The molecule has 0 aliphatic heterocycles. The van der Waals surface area contributed by atoms with E-state index in [4.69, 9.17) is 0 Å². The summed E-state index contributed by atoms with van der Waals surface area (Å²) >= 11 is 0. The van der Waals surface area contributed by atoms with Crippen LogP contribution in [0.4, 0.5) is 0 Å². The van der Waals surface area contributed by atoms with Crippen LogP contribution in [0.5, 0.6) is 0 Å². The Bertz CT molecular complexity index is 760. The van der Waals surface area contributed by atoms with Gasteiger partial charge >= 0.3 is 0 Å². The summed E-state index contributed by atoms with van der Waals surface area (Å²) in [6.45, 7) is 11.3. The molecular formula is C28H38. The number of benzene rings is 2. The van der Waals surface area contributed by atoms with E-state index in [0.29, 0.717) is 5.92 Å². The number of rotatable bonds is 6. The van der Waals surface area contributed by atoms with Crippen molar-refractivity contribution < 1.29 is 0 Å². The highest BCUT2D eigenvalue weighted by molar-refractivity contribution is 5.70. The summed E-state index contributed by atoms with van der Waals surface area (Å²) < 4.78 is 0. The third-order valence-corrected chi connectivity index (χ3v) is 6.63. The molecule has 0 spiro atoms. The molecule has 2 aromatic rings. The molecule has 0 heterocycles. The Morgan fingerprint density at radius 1 is 0.893 bits per heavy atom. The maximum absolute atomic E-state index is 2.49. The van der Waals surface area contributed by atoms with Gasteiger partial charge in [-0.3, -0.25) is 0 Å². The lowest BCUT2D eigenvalue weighted by atomic mass is 9.79. The topological polar surface area (TPSA) is 0 Å². The van der Waals surface area contributed by atoms with Crippen molar-refractivity contribution in [3.8, 4) is 11.1 Å². The van der Waals surface area contributed by atoms with Crippen LogP contribution in [-0.4, -0.2) is 0 Å². The lowest BCUT2D eigenvalue weighted by Crippen LogP contribution is -2.12. The summed E-state index contributed by atoms with van der Waals surface area (Å²) in [4.78, 5) is 0. The second-order valence-electron chi connectivity index (χ2n) is 9.23.